The average molecular weight is 223 g/mol. The molecule has 1 saturated carbocycles. The van der Waals surface area contributed by atoms with Gasteiger partial charge in [-0.1, -0.05) is 0 Å². The van der Waals surface area contributed by atoms with Crippen LogP contribution in [0.2, 0.25) is 0 Å². The lowest BCUT2D eigenvalue weighted by Crippen LogP contribution is -2.32. The molecule has 0 heterocycles. The third-order valence-corrected chi connectivity index (χ3v) is 3.66. The maximum Gasteiger partial charge on any atom is 0.130 e. The molecule has 16 heavy (non-hydrogen) atoms. The predicted molar refractivity (Wildman–Crippen MR) is 62.3 cm³/mol. The largest absolute Gasteiger partial charge is 0.497 e. The first-order valence-corrected chi connectivity index (χ1v) is 5.61. The molecule has 1 aromatic rings. The van der Waals surface area contributed by atoms with Gasteiger partial charge in [-0.05, 0) is 49.9 Å². The molecular formula is C13H18FNO. The van der Waals surface area contributed by atoms with E-state index in [2.05, 4.69) is 0 Å². The van der Waals surface area contributed by atoms with Crippen molar-refractivity contribution in [2.24, 2.45) is 5.73 Å². The van der Waals surface area contributed by atoms with Crippen LogP contribution in [-0.4, -0.2) is 13.2 Å². The molecule has 1 fully saturated rings. The number of benzene rings is 1. The van der Waals surface area contributed by atoms with Crippen LogP contribution in [0.25, 0.3) is 0 Å². The van der Waals surface area contributed by atoms with Crippen LogP contribution in [0.5, 0.6) is 5.75 Å². The summed E-state index contributed by atoms with van der Waals surface area (Å²) in [5.41, 5.74) is 7.15. The van der Waals surface area contributed by atoms with E-state index in [1.807, 2.05) is 6.92 Å². The van der Waals surface area contributed by atoms with Crippen LogP contribution in [0.3, 0.4) is 0 Å². The van der Waals surface area contributed by atoms with Crippen molar-refractivity contribution in [3.05, 3.63) is 29.1 Å². The first kappa shape index (κ1) is 11.4. The van der Waals surface area contributed by atoms with Gasteiger partial charge in [0.15, 0.2) is 0 Å². The van der Waals surface area contributed by atoms with Gasteiger partial charge >= 0.3 is 0 Å². The number of hydrogen-bond acceptors (Lipinski definition) is 2. The molecule has 2 nitrogen and oxygen atoms in total. The molecule has 0 amide bonds. The molecule has 0 spiro atoms. The van der Waals surface area contributed by atoms with E-state index in [4.69, 9.17) is 10.5 Å². The molecule has 0 radical (unpaired) electrons. The minimum atomic E-state index is -0.163. The molecule has 3 heteroatoms. The first-order valence-electron chi connectivity index (χ1n) is 5.61. The van der Waals surface area contributed by atoms with Crippen molar-refractivity contribution in [2.45, 2.75) is 38.1 Å². The van der Waals surface area contributed by atoms with Gasteiger partial charge in [0.25, 0.3) is 0 Å². The molecule has 88 valence electrons. The lowest BCUT2D eigenvalue weighted by Gasteiger charge is -2.22. The SMILES string of the molecule is COc1cc(C)c(F)c(C2(C(C)N)CC2)c1. The Morgan fingerprint density at radius 3 is 2.50 bits per heavy atom. The van der Waals surface area contributed by atoms with Gasteiger partial charge in [-0.2, -0.15) is 0 Å². The Labute approximate surface area is 95.6 Å². The Kier molecular flexibility index (Phi) is 2.66. The Hall–Kier alpha value is -1.09. The fourth-order valence-corrected chi connectivity index (χ4v) is 2.32. The summed E-state index contributed by atoms with van der Waals surface area (Å²) in [5, 5.41) is 0. The van der Waals surface area contributed by atoms with E-state index in [1.165, 1.54) is 0 Å². The zero-order chi connectivity index (χ0) is 11.9. The monoisotopic (exact) mass is 223 g/mol. The highest BCUT2D eigenvalue weighted by atomic mass is 19.1. The fraction of sp³-hybridized carbons (Fsp3) is 0.538. The van der Waals surface area contributed by atoms with Gasteiger partial charge in [0.05, 0.1) is 7.11 Å². The number of nitrogens with two attached hydrogens (primary N) is 1. The van der Waals surface area contributed by atoms with Gasteiger partial charge in [-0.3, -0.25) is 0 Å². The van der Waals surface area contributed by atoms with E-state index in [-0.39, 0.29) is 17.3 Å². The number of ether oxygens (including phenoxy) is 1. The molecule has 1 aliphatic rings. The number of hydrogen-bond donors (Lipinski definition) is 1. The van der Waals surface area contributed by atoms with Crippen LogP contribution in [0.1, 0.15) is 30.9 Å². The molecule has 0 aromatic heterocycles. The predicted octanol–water partition coefficient (Wildman–Crippen LogP) is 2.52. The van der Waals surface area contributed by atoms with Gasteiger partial charge < -0.3 is 10.5 Å². The molecule has 2 rings (SSSR count). The lowest BCUT2D eigenvalue weighted by atomic mass is 9.88. The van der Waals surface area contributed by atoms with Gasteiger partial charge in [-0.25, -0.2) is 4.39 Å². The molecule has 1 aliphatic carbocycles. The highest BCUT2D eigenvalue weighted by Crippen LogP contribution is 2.52. The van der Waals surface area contributed by atoms with Crippen molar-refractivity contribution in [2.75, 3.05) is 7.11 Å². The number of aryl methyl sites for hydroxylation is 1. The van der Waals surface area contributed by atoms with Crippen molar-refractivity contribution >= 4 is 0 Å². The number of rotatable bonds is 3. The fourth-order valence-electron chi connectivity index (χ4n) is 2.32. The average Bonchev–Trinajstić information content (AvgIpc) is 3.02. The Morgan fingerprint density at radius 2 is 2.06 bits per heavy atom. The standard InChI is InChI=1S/C13H18FNO/c1-8-6-10(16-3)7-11(12(8)14)13(4-5-13)9(2)15/h6-7,9H,4-5,15H2,1-3H3. The second-order valence-electron chi connectivity index (χ2n) is 4.75. The van der Waals surface area contributed by atoms with E-state index < -0.39 is 0 Å². The Morgan fingerprint density at radius 1 is 1.44 bits per heavy atom. The topological polar surface area (TPSA) is 35.2 Å². The number of methoxy groups -OCH3 is 1. The Bertz CT molecular complexity index is 411. The van der Waals surface area contributed by atoms with Crippen LogP contribution in [0.15, 0.2) is 12.1 Å². The van der Waals surface area contributed by atoms with Crippen molar-refractivity contribution in [3.63, 3.8) is 0 Å². The third kappa shape index (κ3) is 1.59. The summed E-state index contributed by atoms with van der Waals surface area (Å²) in [7, 11) is 1.60. The first-order chi connectivity index (χ1) is 7.51. The second-order valence-corrected chi connectivity index (χ2v) is 4.75. The van der Waals surface area contributed by atoms with Crippen LogP contribution < -0.4 is 10.5 Å². The van der Waals surface area contributed by atoms with Crippen molar-refractivity contribution < 1.29 is 9.13 Å². The van der Waals surface area contributed by atoms with E-state index >= 15 is 0 Å². The third-order valence-electron chi connectivity index (χ3n) is 3.66. The quantitative estimate of drug-likeness (QED) is 0.854. The summed E-state index contributed by atoms with van der Waals surface area (Å²) in [5.74, 6) is 0.580. The van der Waals surface area contributed by atoms with E-state index in [0.717, 1.165) is 18.4 Å². The van der Waals surface area contributed by atoms with Gasteiger partial charge in [-0.15, -0.1) is 0 Å². The molecule has 1 unspecified atom stereocenters. The summed E-state index contributed by atoms with van der Waals surface area (Å²) in [6.07, 6.45) is 1.93. The van der Waals surface area contributed by atoms with Gasteiger partial charge in [0.1, 0.15) is 11.6 Å². The van der Waals surface area contributed by atoms with Gasteiger partial charge in [0.2, 0.25) is 0 Å². The van der Waals surface area contributed by atoms with E-state index in [9.17, 15) is 4.39 Å². The summed E-state index contributed by atoms with van der Waals surface area (Å²) in [4.78, 5) is 0. The maximum atomic E-state index is 14.1. The van der Waals surface area contributed by atoms with Gasteiger partial charge in [0, 0.05) is 11.5 Å². The lowest BCUT2D eigenvalue weighted by molar-refractivity contribution is 0.409. The summed E-state index contributed by atoms with van der Waals surface area (Å²) >= 11 is 0. The zero-order valence-corrected chi connectivity index (χ0v) is 10.0. The van der Waals surface area contributed by atoms with Crippen molar-refractivity contribution in [3.8, 4) is 5.75 Å². The molecular weight excluding hydrogens is 205 g/mol. The zero-order valence-electron chi connectivity index (χ0n) is 10.0. The van der Waals surface area contributed by atoms with Crippen LogP contribution >= 0.6 is 0 Å². The minimum absolute atomic E-state index is 0.0199. The molecule has 0 bridgehead atoms. The number of halogens is 1. The summed E-state index contributed by atoms with van der Waals surface area (Å²) in [6, 6.07) is 3.49. The smallest absolute Gasteiger partial charge is 0.130 e. The normalized spacial score (nSPS) is 19.3. The van der Waals surface area contributed by atoms with E-state index in [1.54, 1.807) is 26.2 Å². The van der Waals surface area contributed by atoms with Crippen LogP contribution in [-0.2, 0) is 5.41 Å². The summed E-state index contributed by atoms with van der Waals surface area (Å²) < 4.78 is 19.3. The Balaban J connectivity index is 2.52. The summed E-state index contributed by atoms with van der Waals surface area (Å²) in [6.45, 7) is 3.71. The molecule has 0 aliphatic heterocycles. The van der Waals surface area contributed by atoms with E-state index in [0.29, 0.717) is 11.3 Å². The molecule has 1 atom stereocenters. The highest BCUT2D eigenvalue weighted by molar-refractivity contribution is 5.43. The molecule has 2 N–H and O–H groups in total. The second kappa shape index (κ2) is 3.74. The molecule has 0 saturated heterocycles. The molecule has 1 aromatic carbocycles. The maximum absolute atomic E-state index is 14.1. The van der Waals surface area contributed by atoms with Crippen molar-refractivity contribution in [1.82, 2.24) is 0 Å². The van der Waals surface area contributed by atoms with Crippen LogP contribution in [0.4, 0.5) is 4.39 Å². The van der Waals surface area contributed by atoms with Crippen molar-refractivity contribution in [1.29, 1.82) is 0 Å². The van der Waals surface area contributed by atoms with Crippen LogP contribution in [0, 0.1) is 12.7 Å². The highest BCUT2D eigenvalue weighted by Gasteiger charge is 2.49. The minimum Gasteiger partial charge on any atom is -0.497 e.